The molecule has 5 heteroatoms. The summed E-state index contributed by atoms with van der Waals surface area (Å²) in [6.07, 6.45) is 2.64. The van der Waals surface area contributed by atoms with Crippen LogP contribution in [0.1, 0.15) is 26.2 Å². The molecule has 0 spiro atoms. The van der Waals surface area contributed by atoms with Crippen LogP contribution >= 0.6 is 24.2 Å². The fraction of sp³-hybridized carbons (Fsp3) is 0.875. The van der Waals surface area contributed by atoms with Crippen LogP contribution in [-0.2, 0) is 9.53 Å². The van der Waals surface area contributed by atoms with Crippen molar-refractivity contribution < 1.29 is 9.53 Å². The maximum Gasteiger partial charge on any atom is 0.325 e. The Balaban J connectivity index is 3.64. The fourth-order valence-corrected chi connectivity index (χ4v) is 1.10. The van der Waals surface area contributed by atoms with E-state index in [1.165, 1.54) is 0 Å². The summed E-state index contributed by atoms with van der Waals surface area (Å²) in [7, 11) is 0. The van der Waals surface area contributed by atoms with Gasteiger partial charge in [-0.1, -0.05) is 24.9 Å². The molecule has 3 nitrogen and oxygen atoms in total. The van der Waals surface area contributed by atoms with E-state index in [0.29, 0.717) is 6.42 Å². The van der Waals surface area contributed by atoms with Gasteiger partial charge in [-0.3, -0.25) is 4.79 Å². The Bertz CT molecular complexity index is 157. The first-order chi connectivity index (χ1) is 6.11. The Labute approximate surface area is 89.4 Å². The molecule has 2 N–H and O–H groups in total. The Kier molecular flexibility index (Phi) is 7.51. The van der Waals surface area contributed by atoms with E-state index in [2.05, 4.69) is 12.6 Å². The number of nitrogens with two attached hydrogens (primary N) is 1. The molecule has 0 rings (SSSR count). The van der Waals surface area contributed by atoms with Gasteiger partial charge in [0.15, 0.2) is 5.56 Å². The third-order valence-corrected chi connectivity index (χ3v) is 2.23. The van der Waals surface area contributed by atoms with Crippen LogP contribution in [0.25, 0.3) is 0 Å². The van der Waals surface area contributed by atoms with Crippen LogP contribution in [0.3, 0.4) is 0 Å². The van der Waals surface area contributed by atoms with Gasteiger partial charge in [0, 0.05) is 5.75 Å². The smallest absolute Gasteiger partial charge is 0.325 e. The van der Waals surface area contributed by atoms with E-state index in [0.717, 1.165) is 12.8 Å². The average molecular weight is 226 g/mol. The Morgan fingerprint density at radius 3 is 2.77 bits per heavy atom. The number of carbonyl (C=O) groups is 1. The molecule has 0 aromatic rings. The molecule has 1 unspecified atom stereocenters. The number of carbonyl (C=O) groups excluding carboxylic acids is 1. The molecule has 0 saturated carbocycles. The highest BCUT2D eigenvalue weighted by molar-refractivity contribution is 7.80. The number of ether oxygens (including phenoxy) is 1. The van der Waals surface area contributed by atoms with Crippen molar-refractivity contribution in [3.63, 3.8) is 0 Å². The van der Waals surface area contributed by atoms with Crippen molar-refractivity contribution in [1.29, 1.82) is 0 Å². The first kappa shape index (κ1) is 13.1. The van der Waals surface area contributed by atoms with Gasteiger partial charge >= 0.3 is 5.97 Å². The van der Waals surface area contributed by atoms with Crippen molar-refractivity contribution in [3.8, 4) is 0 Å². The van der Waals surface area contributed by atoms with Gasteiger partial charge in [-0.2, -0.15) is 12.6 Å². The van der Waals surface area contributed by atoms with E-state index >= 15 is 0 Å². The number of thiol groups is 1. The topological polar surface area (TPSA) is 52.3 Å². The minimum atomic E-state index is -0.675. The monoisotopic (exact) mass is 225 g/mol. The molecular formula is C8H16ClNO2S. The van der Waals surface area contributed by atoms with Crippen LogP contribution in [-0.4, -0.2) is 23.3 Å². The van der Waals surface area contributed by atoms with Crippen molar-refractivity contribution in [2.24, 2.45) is 5.73 Å². The normalized spacial score (nSPS) is 15.1. The minimum absolute atomic E-state index is 0.274. The zero-order valence-corrected chi connectivity index (χ0v) is 9.35. The number of hydrogen-bond donors (Lipinski definition) is 2. The number of hydrogen-bond acceptors (Lipinski definition) is 4. The van der Waals surface area contributed by atoms with Gasteiger partial charge in [0.1, 0.15) is 6.04 Å². The standard InChI is InChI=1S/C8H16ClNO2S/c1-2-3-4-7(9)12-8(11)6(10)5-13/h6-7,13H,2-5,10H2,1H3/t6-,7?/m0/s1. The van der Waals surface area contributed by atoms with E-state index in [1.807, 2.05) is 6.92 Å². The zero-order chi connectivity index (χ0) is 10.3. The van der Waals surface area contributed by atoms with Crippen molar-refractivity contribution in [3.05, 3.63) is 0 Å². The molecule has 0 amide bonds. The molecule has 0 aliphatic carbocycles. The zero-order valence-electron chi connectivity index (χ0n) is 7.70. The van der Waals surface area contributed by atoms with E-state index in [4.69, 9.17) is 22.1 Å². The molecular weight excluding hydrogens is 210 g/mol. The number of rotatable bonds is 6. The lowest BCUT2D eigenvalue weighted by atomic mass is 10.3. The quantitative estimate of drug-likeness (QED) is 0.410. The minimum Gasteiger partial charge on any atom is -0.445 e. The first-order valence-corrected chi connectivity index (χ1v) is 5.39. The van der Waals surface area contributed by atoms with Gasteiger partial charge in [0.05, 0.1) is 0 Å². The molecule has 0 aromatic carbocycles. The molecule has 0 saturated heterocycles. The van der Waals surface area contributed by atoms with Gasteiger partial charge in [0.25, 0.3) is 0 Å². The van der Waals surface area contributed by atoms with Crippen LogP contribution in [0.4, 0.5) is 0 Å². The van der Waals surface area contributed by atoms with Crippen molar-refractivity contribution in [1.82, 2.24) is 0 Å². The van der Waals surface area contributed by atoms with Gasteiger partial charge in [-0.25, -0.2) is 0 Å². The fourth-order valence-electron chi connectivity index (χ4n) is 0.712. The van der Waals surface area contributed by atoms with Crippen molar-refractivity contribution >= 4 is 30.2 Å². The SMILES string of the molecule is CCCCC(Cl)OC(=O)[C@@H](N)CS. The van der Waals surface area contributed by atoms with Crippen molar-refractivity contribution in [2.45, 2.75) is 37.8 Å². The molecule has 13 heavy (non-hydrogen) atoms. The Morgan fingerprint density at radius 2 is 2.31 bits per heavy atom. The van der Waals surface area contributed by atoms with Gasteiger partial charge in [-0.05, 0) is 12.8 Å². The van der Waals surface area contributed by atoms with E-state index in [9.17, 15) is 4.79 Å². The number of unbranched alkanes of at least 4 members (excludes halogenated alkanes) is 1. The van der Waals surface area contributed by atoms with E-state index in [-0.39, 0.29) is 5.75 Å². The average Bonchev–Trinajstić information content (AvgIpc) is 2.13. The lowest BCUT2D eigenvalue weighted by Crippen LogP contribution is -2.35. The van der Waals surface area contributed by atoms with Gasteiger partial charge in [0.2, 0.25) is 0 Å². The number of esters is 1. The second-order valence-corrected chi connectivity index (χ2v) is 3.63. The maximum atomic E-state index is 11.1. The summed E-state index contributed by atoms with van der Waals surface area (Å²) >= 11 is 9.61. The predicted octanol–water partition coefficient (Wildman–Crippen LogP) is 1.54. The highest BCUT2D eigenvalue weighted by Gasteiger charge is 2.16. The van der Waals surface area contributed by atoms with Crippen LogP contribution < -0.4 is 5.73 Å². The third kappa shape index (κ3) is 6.18. The highest BCUT2D eigenvalue weighted by atomic mass is 35.5. The molecule has 0 fully saturated rings. The van der Waals surface area contributed by atoms with Gasteiger partial charge < -0.3 is 10.5 Å². The van der Waals surface area contributed by atoms with Crippen molar-refractivity contribution in [2.75, 3.05) is 5.75 Å². The first-order valence-electron chi connectivity index (χ1n) is 4.32. The largest absolute Gasteiger partial charge is 0.445 e. The second-order valence-electron chi connectivity index (χ2n) is 2.78. The maximum absolute atomic E-state index is 11.1. The summed E-state index contributed by atoms with van der Waals surface area (Å²) in [5, 5.41) is 0. The van der Waals surface area contributed by atoms with Crippen LogP contribution in [0.15, 0.2) is 0 Å². The number of halogens is 1. The molecule has 0 aliphatic rings. The predicted molar refractivity (Wildman–Crippen MR) is 57.1 cm³/mol. The van der Waals surface area contributed by atoms with Crippen LogP contribution in [0.5, 0.6) is 0 Å². The van der Waals surface area contributed by atoms with Crippen LogP contribution in [0, 0.1) is 0 Å². The Morgan fingerprint density at radius 1 is 1.69 bits per heavy atom. The van der Waals surface area contributed by atoms with E-state index in [1.54, 1.807) is 0 Å². The highest BCUT2D eigenvalue weighted by Crippen LogP contribution is 2.09. The molecule has 0 radical (unpaired) electrons. The molecule has 0 bridgehead atoms. The summed E-state index contributed by atoms with van der Waals surface area (Å²) in [6.45, 7) is 2.05. The molecule has 0 aromatic heterocycles. The van der Waals surface area contributed by atoms with Gasteiger partial charge in [-0.15, -0.1) is 0 Å². The molecule has 2 atom stereocenters. The lowest BCUT2D eigenvalue weighted by Gasteiger charge is -2.13. The lowest BCUT2D eigenvalue weighted by molar-refractivity contribution is -0.146. The summed E-state index contributed by atoms with van der Waals surface area (Å²) in [5.74, 6) is -0.206. The molecule has 0 aliphatic heterocycles. The molecule has 0 heterocycles. The third-order valence-electron chi connectivity index (χ3n) is 1.53. The van der Waals surface area contributed by atoms with Crippen LogP contribution in [0.2, 0.25) is 0 Å². The summed E-state index contributed by atoms with van der Waals surface area (Å²) in [6, 6.07) is -0.675. The molecule has 78 valence electrons. The summed E-state index contributed by atoms with van der Waals surface area (Å²) < 4.78 is 4.86. The van der Waals surface area contributed by atoms with E-state index < -0.39 is 17.6 Å². The summed E-state index contributed by atoms with van der Waals surface area (Å²) in [5.41, 5.74) is 4.83. The second kappa shape index (κ2) is 7.47. The summed E-state index contributed by atoms with van der Waals surface area (Å²) in [4.78, 5) is 11.1. The number of alkyl halides is 1. The Hall–Kier alpha value is 0.0700.